The summed E-state index contributed by atoms with van der Waals surface area (Å²) in [6.45, 7) is 0.424. The van der Waals surface area contributed by atoms with Crippen molar-refractivity contribution in [3.05, 3.63) is 87.8 Å². The molecule has 0 unspecified atom stereocenters. The zero-order chi connectivity index (χ0) is 23.2. The van der Waals surface area contributed by atoms with Crippen molar-refractivity contribution in [2.24, 2.45) is 4.99 Å². The molecule has 4 rings (SSSR count). The van der Waals surface area contributed by atoms with E-state index in [9.17, 15) is 4.79 Å². The molecule has 0 saturated carbocycles. The minimum Gasteiger partial charge on any atom is -0.497 e. The van der Waals surface area contributed by atoms with Gasteiger partial charge in [0.2, 0.25) is 0 Å². The van der Waals surface area contributed by atoms with Gasteiger partial charge >= 0.3 is 0 Å². The standard InChI is InChI=1S/C25H21ClN2O4S/c1-30-19-10-11-21(22(14-19)31-2)27-25-28-24(29)23(33-25)13-17-4-3-5-20(12-17)32-15-16-6-8-18(26)9-7-16/h3-14H,15H2,1-2H3,(H,27,28,29)/b23-13-. The molecule has 33 heavy (non-hydrogen) atoms. The Labute approximate surface area is 201 Å². The van der Waals surface area contributed by atoms with Gasteiger partial charge in [-0.15, -0.1) is 0 Å². The van der Waals surface area contributed by atoms with Gasteiger partial charge in [0.05, 0.1) is 19.1 Å². The number of halogens is 1. The second kappa shape index (κ2) is 10.5. The smallest absolute Gasteiger partial charge is 0.264 e. The van der Waals surface area contributed by atoms with Crippen molar-refractivity contribution in [3.63, 3.8) is 0 Å². The predicted octanol–water partition coefficient (Wildman–Crippen LogP) is 5.83. The third-order valence-electron chi connectivity index (χ3n) is 4.73. The van der Waals surface area contributed by atoms with E-state index < -0.39 is 0 Å². The van der Waals surface area contributed by atoms with E-state index in [2.05, 4.69) is 10.3 Å². The van der Waals surface area contributed by atoms with Crippen LogP contribution in [0.2, 0.25) is 5.02 Å². The van der Waals surface area contributed by atoms with Gasteiger partial charge in [0.1, 0.15) is 29.5 Å². The van der Waals surface area contributed by atoms with Gasteiger partial charge < -0.3 is 19.5 Å². The maximum absolute atomic E-state index is 12.5. The number of hydrogen-bond donors (Lipinski definition) is 1. The molecule has 1 saturated heterocycles. The fourth-order valence-electron chi connectivity index (χ4n) is 3.06. The lowest BCUT2D eigenvalue weighted by molar-refractivity contribution is -0.115. The summed E-state index contributed by atoms with van der Waals surface area (Å²) >= 11 is 7.19. The lowest BCUT2D eigenvalue weighted by atomic mass is 10.2. The van der Waals surface area contributed by atoms with Gasteiger partial charge in [0.15, 0.2) is 5.17 Å². The fraction of sp³-hybridized carbons (Fsp3) is 0.120. The zero-order valence-corrected chi connectivity index (χ0v) is 19.6. The van der Waals surface area contributed by atoms with Crippen molar-refractivity contribution in [1.82, 2.24) is 5.32 Å². The largest absolute Gasteiger partial charge is 0.497 e. The average Bonchev–Trinajstić information content (AvgIpc) is 3.17. The molecular weight excluding hydrogens is 460 g/mol. The average molecular weight is 481 g/mol. The summed E-state index contributed by atoms with van der Waals surface area (Å²) in [5.41, 5.74) is 2.47. The molecule has 1 fully saturated rings. The fourth-order valence-corrected chi connectivity index (χ4v) is 4.02. The second-order valence-electron chi connectivity index (χ2n) is 7.01. The maximum Gasteiger partial charge on any atom is 0.264 e. The molecular formula is C25H21ClN2O4S. The summed E-state index contributed by atoms with van der Waals surface area (Å²) in [4.78, 5) is 17.5. The van der Waals surface area contributed by atoms with E-state index in [0.29, 0.717) is 44.6 Å². The third-order valence-corrected chi connectivity index (χ3v) is 5.90. The Bertz CT molecular complexity index is 1230. The number of carbonyl (C=O) groups excluding carboxylic acids is 1. The number of methoxy groups -OCH3 is 2. The summed E-state index contributed by atoms with van der Waals surface area (Å²) < 4.78 is 16.5. The summed E-state index contributed by atoms with van der Waals surface area (Å²) in [6, 6.07) is 20.4. The number of carbonyl (C=O) groups is 1. The van der Waals surface area contributed by atoms with Crippen molar-refractivity contribution in [2.45, 2.75) is 6.61 Å². The lowest BCUT2D eigenvalue weighted by Gasteiger charge is -2.07. The molecule has 3 aromatic carbocycles. The Kier molecular flexibility index (Phi) is 7.22. The van der Waals surface area contributed by atoms with Gasteiger partial charge in [0.25, 0.3) is 5.91 Å². The van der Waals surface area contributed by atoms with E-state index in [1.807, 2.05) is 54.6 Å². The number of nitrogens with zero attached hydrogens (tertiary/aromatic N) is 1. The van der Waals surface area contributed by atoms with Crippen LogP contribution in [-0.2, 0) is 11.4 Å². The Morgan fingerprint density at radius 3 is 2.58 bits per heavy atom. The SMILES string of the molecule is COc1ccc(N=C2NC(=O)/C(=C/c3cccc(OCc4ccc(Cl)cc4)c3)S2)c(OC)c1. The molecule has 1 aliphatic heterocycles. The molecule has 0 aromatic heterocycles. The van der Waals surface area contributed by atoms with Crippen LogP contribution in [0.4, 0.5) is 5.69 Å². The molecule has 1 N–H and O–H groups in total. The van der Waals surface area contributed by atoms with Crippen molar-refractivity contribution >= 4 is 46.2 Å². The highest BCUT2D eigenvalue weighted by Gasteiger charge is 2.24. The van der Waals surface area contributed by atoms with E-state index >= 15 is 0 Å². The number of amidine groups is 1. The van der Waals surface area contributed by atoms with Gasteiger partial charge in [-0.05, 0) is 65.4 Å². The van der Waals surface area contributed by atoms with Gasteiger partial charge in [0, 0.05) is 11.1 Å². The maximum atomic E-state index is 12.5. The Hall–Kier alpha value is -3.42. The van der Waals surface area contributed by atoms with Crippen LogP contribution in [0.25, 0.3) is 6.08 Å². The molecule has 1 amide bonds. The van der Waals surface area contributed by atoms with E-state index in [1.54, 1.807) is 32.4 Å². The van der Waals surface area contributed by atoms with E-state index in [-0.39, 0.29) is 5.91 Å². The van der Waals surface area contributed by atoms with Crippen molar-refractivity contribution in [2.75, 3.05) is 14.2 Å². The zero-order valence-electron chi connectivity index (χ0n) is 18.0. The quantitative estimate of drug-likeness (QED) is 0.431. The van der Waals surface area contributed by atoms with Gasteiger partial charge in [-0.2, -0.15) is 0 Å². The molecule has 1 heterocycles. The van der Waals surface area contributed by atoms with Gasteiger partial charge in [-0.1, -0.05) is 35.9 Å². The van der Waals surface area contributed by atoms with Crippen LogP contribution < -0.4 is 19.5 Å². The number of benzene rings is 3. The highest BCUT2D eigenvalue weighted by molar-refractivity contribution is 8.18. The van der Waals surface area contributed by atoms with Crippen LogP contribution in [0.15, 0.2) is 76.6 Å². The first-order valence-electron chi connectivity index (χ1n) is 10.0. The Balaban J connectivity index is 1.47. The molecule has 0 radical (unpaired) electrons. The number of thioether (sulfide) groups is 1. The van der Waals surface area contributed by atoms with E-state index in [0.717, 1.165) is 11.1 Å². The molecule has 0 spiro atoms. The third kappa shape index (κ3) is 5.88. The Morgan fingerprint density at radius 2 is 1.82 bits per heavy atom. The minimum absolute atomic E-state index is 0.210. The van der Waals surface area contributed by atoms with Crippen LogP contribution in [0.3, 0.4) is 0 Å². The number of aliphatic imine (C=N–C) groups is 1. The van der Waals surface area contributed by atoms with Gasteiger partial charge in [-0.3, -0.25) is 4.79 Å². The van der Waals surface area contributed by atoms with E-state index in [1.165, 1.54) is 11.8 Å². The van der Waals surface area contributed by atoms with Crippen molar-refractivity contribution < 1.29 is 19.0 Å². The summed E-state index contributed by atoms with van der Waals surface area (Å²) in [6.07, 6.45) is 1.81. The van der Waals surface area contributed by atoms with Crippen LogP contribution in [0, 0.1) is 0 Å². The lowest BCUT2D eigenvalue weighted by Crippen LogP contribution is -2.19. The molecule has 8 heteroatoms. The van der Waals surface area contributed by atoms with Gasteiger partial charge in [-0.25, -0.2) is 4.99 Å². The first-order chi connectivity index (χ1) is 16.0. The normalized spacial score (nSPS) is 15.5. The predicted molar refractivity (Wildman–Crippen MR) is 133 cm³/mol. The molecule has 0 bridgehead atoms. The number of amides is 1. The monoisotopic (exact) mass is 480 g/mol. The molecule has 0 aliphatic carbocycles. The van der Waals surface area contributed by atoms with Crippen LogP contribution >= 0.6 is 23.4 Å². The topological polar surface area (TPSA) is 69.2 Å². The molecule has 0 atom stereocenters. The number of hydrogen-bond acceptors (Lipinski definition) is 6. The molecule has 6 nitrogen and oxygen atoms in total. The first-order valence-corrected chi connectivity index (χ1v) is 11.2. The van der Waals surface area contributed by atoms with Crippen LogP contribution in [0.1, 0.15) is 11.1 Å². The summed E-state index contributed by atoms with van der Waals surface area (Å²) in [7, 11) is 3.15. The molecule has 1 aliphatic rings. The number of ether oxygens (including phenoxy) is 3. The van der Waals surface area contributed by atoms with Crippen molar-refractivity contribution in [1.29, 1.82) is 0 Å². The van der Waals surface area contributed by atoms with Crippen molar-refractivity contribution in [3.8, 4) is 17.2 Å². The van der Waals surface area contributed by atoms with E-state index in [4.69, 9.17) is 25.8 Å². The minimum atomic E-state index is -0.210. The number of rotatable bonds is 7. The summed E-state index contributed by atoms with van der Waals surface area (Å²) in [5, 5.41) is 3.96. The highest BCUT2D eigenvalue weighted by Crippen LogP contribution is 2.34. The molecule has 3 aromatic rings. The Morgan fingerprint density at radius 1 is 1.00 bits per heavy atom. The highest BCUT2D eigenvalue weighted by atomic mass is 35.5. The summed E-state index contributed by atoms with van der Waals surface area (Å²) in [5.74, 6) is 1.72. The molecule has 168 valence electrons. The van der Waals surface area contributed by atoms with Crippen LogP contribution in [-0.4, -0.2) is 25.3 Å². The van der Waals surface area contributed by atoms with Crippen LogP contribution in [0.5, 0.6) is 17.2 Å². The first kappa shape index (κ1) is 22.8. The number of nitrogens with one attached hydrogen (secondary N) is 1. The second-order valence-corrected chi connectivity index (χ2v) is 8.47.